The van der Waals surface area contributed by atoms with Crippen molar-refractivity contribution in [1.82, 2.24) is 20.0 Å². The maximum absolute atomic E-state index is 5.41. The SMILES string of the molecule is CC(C)c1nccc(N2CCN(Cc3noc4ccccc34)CC2)n1. The van der Waals surface area contributed by atoms with Crippen LogP contribution in [-0.4, -0.2) is 46.2 Å². The number of hydrogen-bond donors (Lipinski definition) is 0. The Hall–Kier alpha value is -2.47. The third-order valence-electron chi connectivity index (χ3n) is 4.70. The summed E-state index contributed by atoms with van der Waals surface area (Å²) in [4.78, 5) is 13.8. The van der Waals surface area contributed by atoms with Gasteiger partial charge in [0.25, 0.3) is 0 Å². The van der Waals surface area contributed by atoms with Crippen molar-refractivity contribution in [2.24, 2.45) is 0 Å². The van der Waals surface area contributed by atoms with Gasteiger partial charge in [-0.1, -0.05) is 31.1 Å². The largest absolute Gasteiger partial charge is 0.356 e. The summed E-state index contributed by atoms with van der Waals surface area (Å²) in [5.41, 5.74) is 1.88. The zero-order valence-electron chi connectivity index (χ0n) is 14.7. The molecule has 130 valence electrons. The minimum Gasteiger partial charge on any atom is -0.356 e. The van der Waals surface area contributed by atoms with E-state index in [-0.39, 0.29) is 0 Å². The highest BCUT2D eigenvalue weighted by atomic mass is 16.5. The van der Waals surface area contributed by atoms with E-state index in [9.17, 15) is 0 Å². The molecule has 4 rings (SSSR count). The summed E-state index contributed by atoms with van der Waals surface area (Å²) in [5, 5.41) is 5.36. The molecule has 1 aromatic carbocycles. The van der Waals surface area contributed by atoms with Gasteiger partial charge in [-0.05, 0) is 18.2 Å². The summed E-state index contributed by atoms with van der Waals surface area (Å²) in [5.74, 6) is 2.29. The lowest BCUT2D eigenvalue weighted by Crippen LogP contribution is -2.46. The van der Waals surface area contributed by atoms with E-state index < -0.39 is 0 Å². The average Bonchev–Trinajstić information content (AvgIpc) is 3.05. The van der Waals surface area contributed by atoms with Crippen LogP contribution in [0.15, 0.2) is 41.1 Å². The minimum atomic E-state index is 0.349. The number of piperazine rings is 1. The maximum Gasteiger partial charge on any atom is 0.167 e. The molecule has 1 aliphatic rings. The van der Waals surface area contributed by atoms with Crippen molar-refractivity contribution < 1.29 is 4.52 Å². The monoisotopic (exact) mass is 337 g/mol. The fourth-order valence-corrected chi connectivity index (χ4v) is 3.22. The second-order valence-electron chi connectivity index (χ2n) is 6.82. The molecule has 0 atom stereocenters. The van der Waals surface area contributed by atoms with Gasteiger partial charge in [0.05, 0.1) is 0 Å². The number of nitrogens with zero attached hydrogens (tertiary/aromatic N) is 5. The van der Waals surface area contributed by atoms with Gasteiger partial charge in [-0.2, -0.15) is 0 Å². The molecule has 0 N–H and O–H groups in total. The number of fused-ring (bicyclic) bond motifs is 1. The van der Waals surface area contributed by atoms with Gasteiger partial charge in [0.2, 0.25) is 0 Å². The summed E-state index contributed by atoms with van der Waals surface area (Å²) in [6, 6.07) is 10.1. The molecule has 0 radical (unpaired) electrons. The number of hydrogen-bond acceptors (Lipinski definition) is 6. The molecule has 25 heavy (non-hydrogen) atoms. The van der Waals surface area contributed by atoms with Crippen LogP contribution < -0.4 is 4.90 Å². The second-order valence-corrected chi connectivity index (χ2v) is 6.82. The van der Waals surface area contributed by atoms with Crippen molar-refractivity contribution >= 4 is 16.8 Å². The van der Waals surface area contributed by atoms with E-state index in [1.165, 1.54) is 0 Å². The van der Waals surface area contributed by atoms with Crippen LogP contribution in [-0.2, 0) is 6.54 Å². The zero-order valence-corrected chi connectivity index (χ0v) is 14.7. The van der Waals surface area contributed by atoms with Gasteiger partial charge in [0.15, 0.2) is 5.58 Å². The van der Waals surface area contributed by atoms with Crippen molar-refractivity contribution in [2.75, 3.05) is 31.1 Å². The molecule has 0 unspecified atom stereocenters. The predicted molar refractivity (Wildman–Crippen MR) is 97.6 cm³/mol. The minimum absolute atomic E-state index is 0.349. The Morgan fingerprint density at radius 3 is 2.68 bits per heavy atom. The highest BCUT2D eigenvalue weighted by Gasteiger charge is 2.20. The molecule has 2 aromatic heterocycles. The number of anilines is 1. The van der Waals surface area contributed by atoms with E-state index in [1.807, 2.05) is 30.5 Å². The predicted octanol–water partition coefficient (Wildman–Crippen LogP) is 3.06. The van der Waals surface area contributed by atoms with Crippen LogP contribution >= 0.6 is 0 Å². The van der Waals surface area contributed by atoms with Gasteiger partial charge in [0, 0.05) is 50.2 Å². The van der Waals surface area contributed by atoms with Crippen LogP contribution in [0.4, 0.5) is 5.82 Å². The van der Waals surface area contributed by atoms with Crippen LogP contribution in [0.25, 0.3) is 11.0 Å². The van der Waals surface area contributed by atoms with E-state index in [0.717, 1.165) is 61.0 Å². The van der Waals surface area contributed by atoms with Crippen LogP contribution in [0.1, 0.15) is 31.3 Å². The van der Waals surface area contributed by atoms with Crippen molar-refractivity contribution in [1.29, 1.82) is 0 Å². The molecule has 6 heteroatoms. The Labute approximate surface area is 147 Å². The maximum atomic E-state index is 5.41. The molecule has 1 fully saturated rings. The van der Waals surface area contributed by atoms with Crippen LogP contribution in [0.3, 0.4) is 0 Å². The first-order valence-electron chi connectivity index (χ1n) is 8.84. The molecule has 1 saturated heterocycles. The topological polar surface area (TPSA) is 58.3 Å². The Balaban J connectivity index is 1.41. The van der Waals surface area contributed by atoms with E-state index in [0.29, 0.717) is 5.92 Å². The van der Waals surface area contributed by atoms with Crippen molar-refractivity contribution in [3.8, 4) is 0 Å². The lowest BCUT2D eigenvalue weighted by Gasteiger charge is -2.35. The summed E-state index contributed by atoms with van der Waals surface area (Å²) in [6.07, 6.45) is 1.87. The Morgan fingerprint density at radius 2 is 1.88 bits per heavy atom. The van der Waals surface area contributed by atoms with Gasteiger partial charge in [-0.3, -0.25) is 4.90 Å². The van der Waals surface area contributed by atoms with E-state index >= 15 is 0 Å². The highest BCUT2D eigenvalue weighted by Crippen LogP contribution is 2.21. The van der Waals surface area contributed by atoms with E-state index in [2.05, 4.69) is 39.9 Å². The summed E-state index contributed by atoms with van der Waals surface area (Å²) < 4.78 is 5.41. The molecule has 3 aromatic rings. The fourth-order valence-electron chi connectivity index (χ4n) is 3.22. The molecule has 3 heterocycles. The zero-order chi connectivity index (χ0) is 17.2. The molecule has 0 saturated carbocycles. The summed E-state index contributed by atoms with van der Waals surface area (Å²) >= 11 is 0. The van der Waals surface area contributed by atoms with Gasteiger partial charge in [-0.15, -0.1) is 0 Å². The molecule has 6 nitrogen and oxygen atoms in total. The smallest absolute Gasteiger partial charge is 0.167 e. The Kier molecular flexibility index (Phi) is 4.36. The standard InChI is InChI=1S/C19H23N5O/c1-14(2)19-20-8-7-18(21-19)24-11-9-23(10-12-24)13-16-15-5-3-4-6-17(15)25-22-16/h3-8,14H,9-13H2,1-2H3. The molecule has 1 aliphatic heterocycles. The molecule has 0 spiro atoms. The normalized spacial score (nSPS) is 16.0. The molecule has 0 aliphatic carbocycles. The quantitative estimate of drug-likeness (QED) is 0.729. The van der Waals surface area contributed by atoms with Gasteiger partial charge in [-0.25, -0.2) is 9.97 Å². The Bertz CT molecular complexity index is 852. The first kappa shape index (κ1) is 16.0. The lowest BCUT2D eigenvalue weighted by atomic mass is 10.2. The summed E-state index contributed by atoms with van der Waals surface area (Å²) in [6.45, 7) is 8.98. The number of para-hydroxylation sites is 1. The fraction of sp³-hybridized carbons (Fsp3) is 0.421. The van der Waals surface area contributed by atoms with E-state index in [1.54, 1.807) is 0 Å². The molecular formula is C19H23N5O. The van der Waals surface area contributed by atoms with Crippen molar-refractivity contribution in [2.45, 2.75) is 26.3 Å². The number of aromatic nitrogens is 3. The van der Waals surface area contributed by atoms with Crippen molar-refractivity contribution in [3.05, 3.63) is 48.0 Å². The van der Waals surface area contributed by atoms with Crippen molar-refractivity contribution in [3.63, 3.8) is 0 Å². The highest BCUT2D eigenvalue weighted by molar-refractivity contribution is 5.79. The van der Waals surface area contributed by atoms with Crippen LogP contribution in [0, 0.1) is 0 Å². The van der Waals surface area contributed by atoms with E-state index in [4.69, 9.17) is 9.51 Å². The first-order valence-corrected chi connectivity index (χ1v) is 8.84. The number of benzene rings is 1. The summed E-state index contributed by atoms with van der Waals surface area (Å²) in [7, 11) is 0. The van der Waals surface area contributed by atoms with Gasteiger partial charge in [0.1, 0.15) is 17.3 Å². The number of rotatable bonds is 4. The van der Waals surface area contributed by atoms with Gasteiger partial charge < -0.3 is 9.42 Å². The average molecular weight is 337 g/mol. The molecule has 0 bridgehead atoms. The Morgan fingerprint density at radius 1 is 1.08 bits per heavy atom. The molecular weight excluding hydrogens is 314 g/mol. The van der Waals surface area contributed by atoms with Gasteiger partial charge >= 0.3 is 0 Å². The van der Waals surface area contributed by atoms with Crippen LogP contribution in [0.5, 0.6) is 0 Å². The first-order chi connectivity index (χ1) is 12.2. The lowest BCUT2D eigenvalue weighted by molar-refractivity contribution is 0.243. The third kappa shape index (κ3) is 3.35. The second kappa shape index (κ2) is 6.80. The van der Waals surface area contributed by atoms with Crippen LogP contribution in [0.2, 0.25) is 0 Å². The molecule has 0 amide bonds. The third-order valence-corrected chi connectivity index (χ3v) is 4.70.